The molecule has 0 unspecified atom stereocenters. The quantitative estimate of drug-likeness (QED) is 0.702. The summed E-state index contributed by atoms with van der Waals surface area (Å²) < 4.78 is 5.15. The van der Waals surface area contributed by atoms with E-state index in [1.54, 1.807) is 0 Å². The number of benzene rings is 1. The summed E-state index contributed by atoms with van der Waals surface area (Å²) in [6, 6.07) is 5.64. The van der Waals surface area contributed by atoms with Gasteiger partial charge >= 0.3 is 6.09 Å². The van der Waals surface area contributed by atoms with E-state index in [9.17, 15) is 9.90 Å². The van der Waals surface area contributed by atoms with Crippen molar-refractivity contribution in [3.05, 3.63) is 34.9 Å². The summed E-state index contributed by atoms with van der Waals surface area (Å²) >= 11 is 0. The molecule has 118 valence electrons. The van der Waals surface area contributed by atoms with E-state index in [1.807, 2.05) is 39.0 Å². The lowest BCUT2D eigenvalue weighted by Crippen LogP contribution is -2.33. The zero-order valence-electron chi connectivity index (χ0n) is 13.0. The topological polar surface area (TPSA) is 78.8 Å². The highest BCUT2D eigenvalue weighted by molar-refractivity contribution is 5.67. The maximum atomic E-state index is 11.5. The first-order chi connectivity index (χ1) is 9.85. The molecule has 1 aromatic rings. The van der Waals surface area contributed by atoms with Crippen molar-refractivity contribution in [2.24, 2.45) is 0 Å². The molecule has 0 aliphatic carbocycles. The Morgan fingerprint density at radius 1 is 1.19 bits per heavy atom. The number of aryl methyl sites for hydroxylation is 1. The molecule has 0 aliphatic heterocycles. The SMILES string of the molecule is CC(C)(C)OC(=O)NCCCc1ccc(CO)c(CO)c1. The van der Waals surface area contributed by atoms with Crippen molar-refractivity contribution in [1.82, 2.24) is 5.32 Å². The number of nitrogens with one attached hydrogen (secondary N) is 1. The molecule has 0 fully saturated rings. The van der Waals surface area contributed by atoms with E-state index >= 15 is 0 Å². The largest absolute Gasteiger partial charge is 0.444 e. The second-order valence-electron chi connectivity index (χ2n) is 5.95. The summed E-state index contributed by atoms with van der Waals surface area (Å²) in [6.45, 7) is 5.85. The lowest BCUT2D eigenvalue weighted by atomic mass is 10.0. The highest BCUT2D eigenvalue weighted by atomic mass is 16.6. The van der Waals surface area contributed by atoms with E-state index in [0.717, 1.165) is 29.5 Å². The Morgan fingerprint density at radius 3 is 2.43 bits per heavy atom. The summed E-state index contributed by atoms with van der Waals surface area (Å²) in [5, 5.41) is 21.1. The van der Waals surface area contributed by atoms with Gasteiger partial charge in [0.1, 0.15) is 5.60 Å². The molecule has 0 bridgehead atoms. The summed E-state index contributed by atoms with van der Waals surface area (Å²) in [4.78, 5) is 11.5. The maximum absolute atomic E-state index is 11.5. The van der Waals surface area contributed by atoms with Crippen molar-refractivity contribution >= 4 is 6.09 Å². The van der Waals surface area contributed by atoms with Crippen LogP contribution in [0.2, 0.25) is 0 Å². The van der Waals surface area contributed by atoms with Gasteiger partial charge in [0, 0.05) is 6.54 Å². The van der Waals surface area contributed by atoms with E-state index in [0.29, 0.717) is 6.54 Å². The van der Waals surface area contributed by atoms with Gasteiger partial charge in [-0.2, -0.15) is 0 Å². The third-order valence-corrected chi connectivity index (χ3v) is 2.92. The molecular formula is C16H25NO4. The van der Waals surface area contributed by atoms with Gasteiger partial charge in [-0.1, -0.05) is 18.2 Å². The van der Waals surface area contributed by atoms with Gasteiger partial charge in [0.25, 0.3) is 0 Å². The van der Waals surface area contributed by atoms with Gasteiger partial charge in [-0.05, 0) is 50.3 Å². The molecule has 5 nitrogen and oxygen atoms in total. The molecule has 0 aromatic heterocycles. The Morgan fingerprint density at radius 2 is 1.86 bits per heavy atom. The van der Waals surface area contributed by atoms with Crippen LogP contribution in [0.15, 0.2) is 18.2 Å². The molecule has 21 heavy (non-hydrogen) atoms. The van der Waals surface area contributed by atoms with Crippen LogP contribution < -0.4 is 5.32 Å². The Balaban J connectivity index is 2.38. The number of hydrogen-bond donors (Lipinski definition) is 3. The number of rotatable bonds is 6. The van der Waals surface area contributed by atoms with Crippen LogP contribution in [-0.4, -0.2) is 28.5 Å². The van der Waals surface area contributed by atoms with Gasteiger partial charge in [-0.25, -0.2) is 4.79 Å². The maximum Gasteiger partial charge on any atom is 0.407 e. The van der Waals surface area contributed by atoms with Gasteiger partial charge in [0.15, 0.2) is 0 Å². The molecule has 5 heteroatoms. The zero-order chi connectivity index (χ0) is 15.9. The van der Waals surface area contributed by atoms with Crippen LogP contribution in [0.1, 0.15) is 43.9 Å². The van der Waals surface area contributed by atoms with Crippen LogP contribution in [0, 0.1) is 0 Å². The third kappa shape index (κ3) is 6.60. The van der Waals surface area contributed by atoms with Crippen LogP contribution in [0.4, 0.5) is 4.79 Å². The molecule has 3 N–H and O–H groups in total. The van der Waals surface area contributed by atoms with Crippen molar-refractivity contribution in [3.8, 4) is 0 Å². The van der Waals surface area contributed by atoms with Gasteiger partial charge in [0.2, 0.25) is 0 Å². The Labute approximate surface area is 125 Å². The lowest BCUT2D eigenvalue weighted by molar-refractivity contribution is 0.0527. The van der Waals surface area contributed by atoms with Gasteiger partial charge in [-0.15, -0.1) is 0 Å². The number of carbonyl (C=O) groups excluding carboxylic acids is 1. The van der Waals surface area contributed by atoms with E-state index in [4.69, 9.17) is 9.84 Å². The number of alkyl carbamates (subject to hydrolysis) is 1. The summed E-state index contributed by atoms with van der Waals surface area (Å²) in [6.07, 6.45) is 1.16. The molecule has 0 radical (unpaired) electrons. The van der Waals surface area contributed by atoms with Gasteiger partial charge in [-0.3, -0.25) is 0 Å². The molecular weight excluding hydrogens is 270 g/mol. The van der Waals surface area contributed by atoms with E-state index in [2.05, 4.69) is 5.32 Å². The van der Waals surface area contributed by atoms with E-state index < -0.39 is 11.7 Å². The molecule has 0 saturated heterocycles. The fourth-order valence-corrected chi connectivity index (χ4v) is 1.93. The molecule has 1 rings (SSSR count). The number of hydrogen-bond acceptors (Lipinski definition) is 4. The number of aliphatic hydroxyl groups excluding tert-OH is 2. The summed E-state index contributed by atoms with van der Waals surface area (Å²) in [5.41, 5.74) is 2.07. The normalized spacial score (nSPS) is 11.3. The van der Waals surface area contributed by atoms with Crippen molar-refractivity contribution in [1.29, 1.82) is 0 Å². The highest BCUT2D eigenvalue weighted by Crippen LogP contribution is 2.14. The first-order valence-electron chi connectivity index (χ1n) is 7.15. The van der Waals surface area contributed by atoms with Gasteiger partial charge in [0.05, 0.1) is 13.2 Å². The van der Waals surface area contributed by atoms with Crippen LogP contribution >= 0.6 is 0 Å². The number of carbonyl (C=O) groups is 1. The minimum atomic E-state index is -0.486. The smallest absolute Gasteiger partial charge is 0.407 e. The van der Waals surface area contributed by atoms with Crippen molar-refractivity contribution in [2.45, 2.75) is 52.4 Å². The fourth-order valence-electron chi connectivity index (χ4n) is 1.93. The Kier molecular flexibility index (Phi) is 6.65. The molecule has 0 heterocycles. The van der Waals surface area contributed by atoms with Crippen LogP contribution in [0.3, 0.4) is 0 Å². The van der Waals surface area contributed by atoms with Crippen molar-refractivity contribution in [3.63, 3.8) is 0 Å². The molecule has 0 saturated carbocycles. The number of amides is 1. The third-order valence-electron chi connectivity index (χ3n) is 2.92. The molecule has 0 spiro atoms. The standard InChI is InChI=1S/C16H25NO4/c1-16(2,3)21-15(20)17-8-4-5-12-6-7-13(10-18)14(9-12)11-19/h6-7,9,18-19H,4-5,8,10-11H2,1-3H3,(H,17,20). The fraction of sp³-hybridized carbons (Fsp3) is 0.562. The number of aliphatic hydroxyl groups is 2. The molecule has 1 amide bonds. The summed E-state index contributed by atoms with van der Waals surface area (Å²) in [5.74, 6) is 0. The Bertz CT molecular complexity index is 466. The van der Waals surface area contributed by atoms with Crippen LogP contribution in [0.5, 0.6) is 0 Å². The molecule has 0 aliphatic rings. The van der Waals surface area contributed by atoms with E-state index in [1.165, 1.54) is 0 Å². The minimum Gasteiger partial charge on any atom is -0.444 e. The average Bonchev–Trinajstić information content (AvgIpc) is 2.41. The van der Waals surface area contributed by atoms with E-state index in [-0.39, 0.29) is 13.2 Å². The molecule has 0 atom stereocenters. The van der Waals surface area contributed by atoms with Gasteiger partial charge < -0.3 is 20.3 Å². The minimum absolute atomic E-state index is 0.0730. The van der Waals surface area contributed by atoms with Crippen LogP contribution in [0.25, 0.3) is 0 Å². The van der Waals surface area contributed by atoms with Crippen molar-refractivity contribution < 1.29 is 19.7 Å². The highest BCUT2D eigenvalue weighted by Gasteiger charge is 2.15. The number of ether oxygens (including phenoxy) is 1. The predicted molar refractivity (Wildman–Crippen MR) is 80.8 cm³/mol. The lowest BCUT2D eigenvalue weighted by Gasteiger charge is -2.19. The zero-order valence-corrected chi connectivity index (χ0v) is 13.0. The first-order valence-corrected chi connectivity index (χ1v) is 7.15. The Hall–Kier alpha value is -1.59. The average molecular weight is 295 g/mol. The predicted octanol–water partition coefficient (Wildman–Crippen LogP) is 2.13. The second kappa shape index (κ2) is 8.00. The first kappa shape index (κ1) is 17.5. The second-order valence-corrected chi connectivity index (χ2v) is 5.95. The summed E-state index contributed by atoms with van der Waals surface area (Å²) in [7, 11) is 0. The van der Waals surface area contributed by atoms with Crippen LogP contribution in [-0.2, 0) is 24.4 Å². The monoisotopic (exact) mass is 295 g/mol. The molecule has 1 aromatic carbocycles. The van der Waals surface area contributed by atoms with Crippen molar-refractivity contribution in [2.75, 3.05) is 6.54 Å².